The molecular weight excluding hydrogens is 426 g/mol. The lowest BCUT2D eigenvalue weighted by Crippen LogP contribution is -2.45. The molecular formula is C21H24ClN3O4S. The van der Waals surface area contributed by atoms with Crippen molar-refractivity contribution in [2.45, 2.75) is 30.3 Å². The summed E-state index contributed by atoms with van der Waals surface area (Å²) in [6.45, 7) is 3.50. The van der Waals surface area contributed by atoms with E-state index < -0.39 is 11.6 Å². The molecule has 2 N–H and O–H groups in total. The van der Waals surface area contributed by atoms with Gasteiger partial charge < -0.3 is 14.8 Å². The maximum atomic E-state index is 12.5. The van der Waals surface area contributed by atoms with Gasteiger partial charge in [-0.1, -0.05) is 11.6 Å². The van der Waals surface area contributed by atoms with E-state index in [0.717, 1.165) is 4.90 Å². The molecule has 0 spiro atoms. The number of ether oxygens (including phenoxy) is 1. The molecule has 1 unspecified atom stereocenters. The Labute approximate surface area is 184 Å². The number of carbonyl (C=O) groups excluding carboxylic acids is 2. The lowest BCUT2D eigenvalue weighted by molar-refractivity contribution is -0.132. The van der Waals surface area contributed by atoms with E-state index in [-0.39, 0.29) is 18.5 Å². The summed E-state index contributed by atoms with van der Waals surface area (Å²) in [5, 5.41) is 10.2. The number of imide groups is 1. The molecule has 1 fully saturated rings. The number of rotatable bonds is 8. The summed E-state index contributed by atoms with van der Waals surface area (Å²) in [6.07, 6.45) is 0. The first-order valence-electron chi connectivity index (χ1n) is 9.38. The van der Waals surface area contributed by atoms with Crippen LogP contribution >= 0.6 is 23.4 Å². The van der Waals surface area contributed by atoms with Crippen molar-refractivity contribution in [1.82, 2.24) is 15.3 Å². The van der Waals surface area contributed by atoms with Crippen molar-refractivity contribution >= 4 is 35.3 Å². The van der Waals surface area contributed by atoms with E-state index in [2.05, 4.69) is 5.48 Å². The van der Waals surface area contributed by atoms with Crippen LogP contribution in [0.5, 0.6) is 11.5 Å². The number of thioether (sulfide) groups is 1. The number of hydrogen-bond acceptors (Lipinski definition) is 6. The number of carbonyl (C=O) groups is 2. The molecule has 1 heterocycles. The van der Waals surface area contributed by atoms with Crippen LogP contribution in [0.25, 0.3) is 0 Å². The van der Waals surface area contributed by atoms with Gasteiger partial charge in [-0.2, -0.15) is 5.48 Å². The van der Waals surface area contributed by atoms with Crippen LogP contribution in [0, 0.1) is 0 Å². The second-order valence-corrected chi connectivity index (χ2v) is 9.01. The van der Waals surface area contributed by atoms with Crippen LogP contribution in [0.2, 0.25) is 5.02 Å². The number of nitrogens with one attached hydrogen (secondary N) is 1. The normalized spacial score (nSPS) is 16.8. The Morgan fingerprint density at radius 3 is 2.17 bits per heavy atom. The van der Waals surface area contributed by atoms with Crippen molar-refractivity contribution in [3.05, 3.63) is 53.6 Å². The molecule has 0 aliphatic carbocycles. The number of likely N-dealkylation sites (N-methyl/N-ethyl adjacent to an activating group) is 1. The topological polar surface area (TPSA) is 82.1 Å². The van der Waals surface area contributed by atoms with E-state index >= 15 is 0 Å². The average molecular weight is 450 g/mol. The molecule has 30 heavy (non-hydrogen) atoms. The number of urea groups is 1. The Hall–Kier alpha value is -2.26. The molecule has 3 rings (SSSR count). The third-order valence-electron chi connectivity index (χ3n) is 5.03. The first kappa shape index (κ1) is 22.4. The van der Waals surface area contributed by atoms with E-state index in [1.807, 2.05) is 24.3 Å². The third-order valence-corrected chi connectivity index (χ3v) is 6.46. The molecule has 0 radical (unpaired) electrons. The number of benzene rings is 2. The smallest absolute Gasteiger partial charge is 0.327 e. The van der Waals surface area contributed by atoms with Crippen molar-refractivity contribution in [1.29, 1.82) is 0 Å². The number of amides is 3. The molecule has 9 heteroatoms. The Morgan fingerprint density at radius 1 is 1.10 bits per heavy atom. The molecule has 1 saturated heterocycles. The van der Waals surface area contributed by atoms with Gasteiger partial charge in [0, 0.05) is 29.3 Å². The van der Waals surface area contributed by atoms with Crippen LogP contribution in [0.15, 0.2) is 53.4 Å². The summed E-state index contributed by atoms with van der Waals surface area (Å²) >= 11 is 7.37. The number of halogens is 1. The van der Waals surface area contributed by atoms with E-state index in [1.54, 1.807) is 45.2 Å². The predicted octanol–water partition coefficient (Wildman–Crippen LogP) is 4.24. The molecule has 0 saturated carbocycles. The van der Waals surface area contributed by atoms with Crippen LogP contribution in [0.3, 0.4) is 0 Å². The average Bonchev–Trinajstić information content (AvgIpc) is 2.88. The zero-order valence-corrected chi connectivity index (χ0v) is 18.5. The largest absolute Gasteiger partial charge is 0.457 e. The Bertz CT molecular complexity index is 905. The Morgan fingerprint density at radius 2 is 1.67 bits per heavy atom. The highest BCUT2D eigenvalue weighted by Crippen LogP contribution is 2.28. The van der Waals surface area contributed by atoms with Gasteiger partial charge in [0.05, 0.1) is 6.04 Å². The molecule has 2 aromatic rings. The highest BCUT2D eigenvalue weighted by Gasteiger charge is 2.49. The minimum absolute atomic E-state index is 0.0900. The minimum Gasteiger partial charge on any atom is -0.457 e. The van der Waals surface area contributed by atoms with Gasteiger partial charge in [-0.05, 0) is 62.4 Å². The van der Waals surface area contributed by atoms with E-state index in [1.165, 1.54) is 21.6 Å². The summed E-state index contributed by atoms with van der Waals surface area (Å²) in [7, 11) is 1.60. The molecule has 160 valence electrons. The molecule has 7 nitrogen and oxygen atoms in total. The SMILES string of the molecule is CN1C(=O)N(CC(CSc2ccc(Oc3ccc(Cl)cc3)cc2)NO)C(=O)C1(C)C. The lowest BCUT2D eigenvalue weighted by atomic mass is 10.1. The fourth-order valence-corrected chi connectivity index (χ4v) is 3.96. The second-order valence-electron chi connectivity index (χ2n) is 7.48. The Balaban J connectivity index is 1.55. The van der Waals surface area contributed by atoms with Gasteiger partial charge in [-0.15, -0.1) is 11.8 Å². The highest BCUT2D eigenvalue weighted by atomic mass is 35.5. The van der Waals surface area contributed by atoms with Crippen molar-refractivity contribution in [2.75, 3.05) is 19.3 Å². The monoisotopic (exact) mass is 449 g/mol. The molecule has 1 aliphatic heterocycles. The molecule has 3 amide bonds. The maximum absolute atomic E-state index is 12.5. The predicted molar refractivity (Wildman–Crippen MR) is 116 cm³/mol. The standard InChI is InChI=1S/C21H24ClN3O4S/c1-21(2)19(26)25(20(27)24(21)3)12-15(23-28)13-30-18-10-8-17(9-11-18)29-16-6-4-14(22)5-7-16/h4-11,15,23,28H,12-13H2,1-3H3. The second kappa shape index (κ2) is 9.26. The molecule has 0 aromatic heterocycles. The van der Waals surface area contributed by atoms with Crippen LogP contribution in [-0.2, 0) is 4.79 Å². The zero-order valence-electron chi connectivity index (χ0n) is 17.0. The highest BCUT2D eigenvalue weighted by molar-refractivity contribution is 7.99. The van der Waals surface area contributed by atoms with Crippen molar-refractivity contribution < 1.29 is 19.5 Å². The Kier molecular flexibility index (Phi) is 6.92. The van der Waals surface area contributed by atoms with Gasteiger partial charge in [0.2, 0.25) is 0 Å². The lowest BCUT2D eigenvalue weighted by Gasteiger charge is -2.22. The quantitative estimate of drug-likeness (QED) is 0.356. The van der Waals surface area contributed by atoms with E-state index in [9.17, 15) is 14.8 Å². The van der Waals surface area contributed by atoms with Crippen molar-refractivity contribution in [2.24, 2.45) is 0 Å². The summed E-state index contributed by atoms with van der Waals surface area (Å²) in [5.74, 6) is 1.58. The van der Waals surface area contributed by atoms with Crippen molar-refractivity contribution in [3.63, 3.8) is 0 Å². The van der Waals surface area contributed by atoms with Crippen LogP contribution in [0.4, 0.5) is 4.79 Å². The molecule has 1 atom stereocenters. The van der Waals surface area contributed by atoms with E-state index in [0.29, 0.717) is 22.3 Å². The summed E-state index contributed by atoms with van der Waals surface area (Å²) in [4.78, 5) is 28.4. The minimum atomic E-state index is -0.885. The van der Waals surface area contributed by atoms with E-state index in [4.69, 9.17) is 16.3 Å². The van der Waals surface area contributed by atoms with Crippen LogP contribution in [0.1, 0.15) is 13.8 Å². The van der Waals surface area contributed by atoms with Gasteiger partial charge in [-0.25, -0.2) is 4.79 Å². The number of hydrogen-bond donors (Lipinski definition) is 2. The fraction of sp³-hybridized carbons (Fsp3) is 0.333. The van der Waals surface area contributed by atoms with Gasteiger partial charge in [0.1, 0.15) is 17.0 Å². The van der Waals surface area contributed by atoms with Crippen LogP contribution < -0.4 is 10.2 Å². The van der Waals surface area contributed by atoms with Gasteiger partial charge in [-0.3, -0.25) is 9.69 Å². The summed E-state index contributed by atoms with van der Waals surface area (Å²) in [5.41, 5.74) is 1.33. The fourth-order valence-electron chi connectivity index (χ4n) is 2.93. The van der Waals surface area contributed by atoms with Crippen LogP contribution in [-0.4, -0.2) is 57.9 Å². The molecule has 2 aromatic carbocycles. The van der Waals surface area contributed by atoms with Gasteiger partial charge in [0.15, 0.2) is 0 Å². The third kappa shape index (κ3) is 4.89. The number of hydroxylamine groups is 1. The first-order valence-corrected chi connectivity index (χ1v) is 10.7. The van der Waals surface area contributed by atoms with Gasteiger partial charge >= 0.3 is 6.03 Å². The zero-order chi connectivity index (χ0) is 21.9. The number of nitrogens with zero attached hydrogens (tertiary/aromatic N) is 2. The summed E-state index contributed by atoms with van der Waals surface area (Å²) < 4.78 is 5.77. The van der Waals surface area contributed by atoms with Crippen molar-refractivity contribution in [3.8, 4) is 11.5 Å². The molecule has 1 aliphatic rings. The first-order chi connectivity index (χ1) is 14.2. The molecule has 0 bridgehead atoms. The maximum Gasteiger partial charge on any atom is 0.327 e. The summed E-state index contributed by atoms with van der Waals surface area (Å²) in [6, 6.07) is 13.8. The van der Waals surface area contributed by atoms with Gasteiger partial charge in [0.25, 0.3) is 5.91 Å².